The Balaban J connectivity index is 1.65. The first-order chi connectivity index (χ1) is 9.31. The van der Waals surface area contributed by atoms with E-state index in [1.165, 1.54) is 25.9 Å². The lowest BCUT2D eigenvalue weighted by molar-refractivity contribution is 0.314. The van der Waals surface area contributed by atoms with Gasteiger partial charge in [-0.15, -0.1) is 5.10 Å². The van der Waals surface area contributed by atoms with Crippen molar-refractivity contribution in [3.05, 3.63) is 30.1 Å². The van der Waals surface area contributed by atoms with Gasteiger partial charge in [0, 0.05) is 12.2 Å². The lowest BCUT2D eigenvalue weighted by atomic mass is 10.2. The molecule has 19 heavy (non-hydrogen) atoms. The van der Waals surface area contributed by atoms with Crippen LogP contribution in [0.5, 0.6) is 0 Å². The predicted molar refractivity (Wildman–Crippen MR) is 73.7 cm³/mol. The molecule has 1 aliphatic rings. The van der Waals surface area contributed by atoms with Crippen LogP contribution >= 0.6 is 0 Å². The Morgan fingerprint density at radius 2 is 1.95 bits per heavy atom. The van der Waals surface area contributed by atoms with E-state index in [9.17, 15) is 0 Å². The van der Waals surface area contributed by atoms with Crippen molar-refractivity contribution < 1.29 is 0 Å². The van der Waals surface area contributed by atoms with Crippen LogP contribution < -0.4 is 0 Å². The molecule has 5 heteroatoms. The van der Waals surface area contributed by atoms with Crippen molar-refractivity contribution in [3.63, 3.8) is 0 Å². The van der Waals surface area contributed by atoms with E-state index in [1.807, 2.05) is 36.0 Å². The summed E-state index contributed by atoms with van der Waals surface area (Å²) < 4.78 is 1.91. The minimum atomic E-state index is 0.852. The summed E-state index contributed by atoms with van der Waals surface area (Å²) in [5, 5.41) is 8.39. The first kappa shape index (κ1) is 12.3. The molecule has 0 aliphatic carbocycles. The second-order valence-electron chi connectivity index (χ2n) is 5.08. The van der Waals surface area contributed by atoms with Crippen LogP contribution in [0.1, 0.15) is 18.5 Å². The van der Waals surface area contributed by atoms with Gasteiger partial charge in [0.05, 0.1) is 18.4 Å². The van der Waals surface area contributed by atoms with Gasteiger partial charge in [0.25, 0.3) is 0 Å². The van der Waals surface area contributed by atoms with Crippen LogP contribution in [0, 0.1) is 6.92 Å². The average Bonchev–Trinajstić information content (AvgIpc) is 3.08. The maximum Gasteiger partial charge on any atom is 0.131 e. The fraction of sp³-hybridized carbons (Fsp3) is 0.500. The van der Waals surface area contributed by atoms with Gasteiger partial charge >= 0.3 is 0 Å². The van der Waals surface area contributed by atoms with Gasteiger partial charge in [-0.05, 0) is 45.0 Å². The van der Waals surface area contributed by atoms with Crippen LogP contribution in [0.3, 0.4) is 0 Å². The van der Waals surface area contributed by atoms with Crippen LogP contribution in [-0.4, -0.2) is 44.5 Å². The fourth-order valence-electron chi connectivity index (χ4n) is 2.46. The van der Waals surface area contributed by atoms with E-state index in [2.05, 4.69) is 20.2 Å². The molecular formula is C14H19N5. The van der Waals surface area contributed by atoms with E-state index in [-0.39, 0.29) is 0 Å². The van der Waals surface area contributed by atoms with Gasteiger partial charge in [-0.3, -0.25) is 9.67 Å². The molecule has 0 saturated carbocycles. The molecular weight excluding hydrogens is 238 g/mol. The Morgan fingerprint density at radius 3 is 2.74 bits per heavy atom. The third kappa shape index (κ3) is 2.98. The molecule has 1 aliphatic heterocycles. The summed E-state index contributed by atoms with van der Waals surface area (Å²) in [6, 6.07) is 5.96. The zero-order valence-electron chi connectivity index (χ0n) is 11.3. The van der Waals surface area contributed by atoms with Crippen LogP contribution in [0.25, 0.3) is 11.4 Å². The number of hydrogen-bond donors (Lipinski definition) is 0. The summed E-state index contributed by atoms with van der Waals surface area (Å²) in [6.45, 7) is 6.39. The molecule has 0 aromatic carbocycles. The topological polar surface area (TPSA) is 46.8 Å². The van der Waals surface area contributed by atoms with Crippen molar-refractivity contribution in [1.29, 1.82) is 0 Å². The number of aromatic nitrogens is 4. The van der Waals surface area contributed by atoms with Crippen molar-refractivity contribution in [2.45, 2.75) is 26.3 Å². The molecule has 5 nitrogen and oxygen atoms in total. The number of aryl methyl sites for hydroxylation is 1. The van der Waals surface area contributed by atoms with Gasteiger partial charge in [-0.25, -0.2) is 0 Å². The number of nitrogens with zero attached hydrogens (tertiary/aromatic N) is 5. The Kier molecular flexibility index (Phi) is 3.55. The largest absolute Gasteiger partial charge is 0.301 e. The second kappa shape index (κ2) is 5.48. The third-order valence-corrected chi connectivity index (χ3v) is 3.53. The van der Waals surface area contributed by atoms with Crippen molar-refractivity contribution in [3.8, 4) is 11.4 Å². The van der Waals surface area contributed by atoms with Gasteiger partial charge in [-0.2, -0.15) is 0 Å². The smallest absolute Gasteiger partial charge is 0.131 e. The zero-order valence-corrected chi connectivity index (χ0v) is 11.3. The number of rotatable bonds is 4. The Hall–Kier alpha value is -1.75. The molecule has 3 rings (SSSR count). The maximum atomic E-state index is 4.47. The monoisotopic (exact) mass is 257 g/mol. The molecule has 0 amide bonds. The molecule has 0 N–H and O–H groups in total. The highest BCUT2D eigenvalue weighted by molar-refractivity contribution is 5.52. The molecule has 1 saturated heterocycles. The molecule has 3 heterocycles. The summed E-state index contributed by atoms with van der Waals surface area (Å²) in [5.41, 5.74) is 2.75. The van der Waals surface area contributed by atoms with Gasteiger partial charge < -0.3 is 4.90 Å². The lowest BCUT2D eigenvalue weighted by Crippen LogP contribution is -2.24. The average molecular weight is 257 g/mol. The third-order valence-electron chi connectivity index (χ3n) is 3.53. The highest BCUT2D eigenvalue weighted by atomic mass is 15.4. The van der Waals surface area contributed by atoms with Crippen LogP contribution in [-0.2, 0) is 6.54 Å². The summed E-state index contributed by atoms with van der Waals surface area (Å²) >= 11 is 0. The van der Waals surface area contributed by atoms with Crippen molar-refractivity contribution in [2.24, 2.45) is 0 Å². The van der Waals surface area contributed by atoms with Crippen LogP contribution in [0.15, 0.2) is 24.4 Å². The highest BCUT2D eigenvalue weighted by Gasteiger charge is 2.11. The second-order valence-corrected chi connectivity index (χ2v) is 5.08. The zero-order chi connectivity index (χ0) is 13.1. The van der Waals surface area contributed by atoms with Gasteiger partial charge in [0.1, 0.15) is 5.69 Å². The molecule has 0 unspecified atom stereocenters. The number of pyridine rings is 1. The van der Waals surface area contributed by atoms with E-state index in [1.54, 1.807) is 0 Å². The van der Waals surface area contributed by atoms with Gasteiger partial charge in [-0.1, -0.05) is 11.3 Å². The summed E-state index contributed by atoms with van der Waals surface area (Å²) in [5.74, 6) is 0. The van der Waals surface area contributed by atoms with Gasteiger partial charge in [0.2, 0.25) is 0 Å². The molecule has 2 aromatic heterocycles. The molecule has 1 fully saturated rings. The Morgan fingerprint density at radius 1 is 1.11 bits per heavy atom. The Bertz CT molecular complexity index is 542. The molecule has 100 valence electrons. The van der Waals surface area contributed by atoms with Gasteiger partial charge in [0.15, 0.2) is 0 Å². The standard InChI is InChI=1S/C14H19N5/c1-12-5-4-6-13(15-12)14-11-19(17-16-14)10-9-18-7-2-3-8-18/h4-6,11H,2-3,7-10H2,1H3. The normalized spacial score (nSPS) is 16.1. The molecule has 0 bridgehead atoms. The summed E-state index contributed by atoms with van der Waals surface area (Å²) in [4.78, 5) is 6.95. The van der Waals surface area contributed by atoms with E-state index in [4.69, 9.17) is 0 Å². The predicted octanol–water partition coefficient (Wildman–Crippen LogP) is 1.74. The minimum Gasteiger partial charge on any atom is -0.301 e. The van der Waals surface area contributed by atoms with Crippen molar-refractivity contribution >= 4 is 0 Å². The minimum absolute atomic E-state index is 0.852. The molecule has 2 aromatic rings. The van der Waals surface area contributed by atoms with E-state index < -0.39 is 0 Å². The molecule has 0 radical (unpaired) electrons. The fourth-order valence-corrected chi connectivity index (χ4v) is 2.46. The quantitative estimate of drug-likeness (QED) is 0.837. The summed E-state index contributed by atoms with van der Waals surface area (Å²) in [7, 11) is 0. The van der Waals surface area contributed by atoms with Crippen LogP contribution in [0.2, 0.25) is 0 Å². The van der Waals surface area contributed by atoms with E-state index in [0.29, 0.717) is 0 Å². The van der Waals surface area contributed by atoms with Crippen molar-refractivity contribution in [1.82, 2.24) is 24.9 Å². The number of likely N-dealkylation sites (tertiary alicyclic amines) is 1. The molecule has 0 atom stereocenters. The van der Waals surface area contributed by atoms with Crippen LogP contribution in [0.4, 0.5) is 0 Å². The SMILES string of the molecule is Cc1cccc(-c2cn(CCN3CCCC3)nn2)n1. The highest BCUT2D eigenvalue weighted by Crippen LogP contribution is 2.13. The maximum absolute atomic E-state index is 4.47. The van der Waals surface area contributed by atoms with E-state index in [0.717, 1.165) is 30.2 Å². The Labute approximate surface area is 113 Å². The van der Waals surface area contributed by atoms with Crippen molar-refractivity contribution in [2.75, 3.05) is 19.6 Å². The first-order valence-electron chi connectivity index (χ1n) is 6.88. The number of hydrogen-bond acceptors (Lipinski definition) is 4. The first-order valence-corrected chi connectivity index (χ1v) is 6.88. The molecule has 0 spiro atoms. The summed E-state index contributed by atoms with van der Waals surface area (Å²) in [6.07, 6.45) is 4.64. The lowest BCUT2D eigenvalue weighted by Gasteiger charge is -2.13. The van der Waals surface area contributed by atoms with E-state index >= 15 is 0 Å².